The van der Waals surface area contributed by atoms with Gasteiger partial charge in [0.1, 0.15) is 0 Å². The molecule has 0 radical (unpaired) electrons. The minimum Gasteiger partial charge on any atom is -0.319 e. The van der Waals surface area contributed by atoms with Gasteiger partial charge < -0.3 is 4.57 Å². The Morgan fingerprint density at radius 2 is 1.85 bits per heavy atom. The maximum Gasteiger partial charge on any atom is 0.248 e. The van der Waals surface area contributed by atoms with Crippen LogP contribution in [0.3, 0.4) is 0 Å². The van der Waals surface area contributed by atoms with Crippen molar-refractivity contribution in [3.63, 3.8) is 0 Å². The van der Waals surface area contributed by atoms with E-state index < -0.39 is 9.84 Å². The largest absolute Gasteiger partial charge is 0.319 e. The first-order valence-electron chi connectivity index (χ1n) is 8.85. The quantitative estimate of drug-likeness (QED) is 0.634. The smallest absolute Gasteiger partial charge is 0.248 e. The second-order valence-electron chi connectivity index (χ2n) is 6.30. The van der Waals surface area contributed by atoms with Crippen molar-refractivity contribution < 1.29 is 13.2 Å². The molecule has 0 N–H and O–H groups in total. The molecule has 1 aromatic heterocycles. The maximum atomic E-state index is 12.3. The van der Waals surface area contributed by atoms with Gasteiger partial charge in [0.05, 0.1) is 20.9 Å². The number of carbonyl (C=O) groups is 1. The number of carbonyl (C=O) groups excluding carboxylic acids is 1. The van der Waals surface area contributed by atoms with Crippen molar-refractivity contribution in [2.24, 2.45) is 12.0 Å². The zero-order chi connectivity index (χ0) is 19.4. The number of sulfone groups is 1. The van der Waals surface area contributed by atoms with Crippen LogP contribution in [0.25, 0.3) is 10.2 Å². The summed E-state index contributed by atoms with van der Waals surface area (Å²) in [6.07, 6.45) is 1.28. The van der Waals surface area contributed by atoms with Crippen molar-refractivity contribution in [3.05, 3.63) is 58.9 Å². The number of aryl methyl sites for hydroxylation is 2. The number of para-hydroxylation sites is 1. The summed E-state index contributed by atoms with van der Waals surface area (Å²) >= 11 is 1.47. The second-order valence-corrected chi connectivity index (χ2v) is 9.42. The zero-order valence-electron chi connectivity index (χ0n) is 15.4. The highest BCUT2D eigenvalue weighted by Crippen LogP contribution is 2.21. The number of thiazole rings is 1. The molecule has 0 saturated heterocycles. The van der Waals surface area contributed by atoms with Crippen molar-refractivity contribution in [2.75, 3.05) is 5.75 Å². The van der Waals surface area contributed by atoms with Crippen LogP contribution in [0.2, 0.25) is 0 Å². The summed E-state index contributed by atoms with van der Waals surface area (Å²) in [6.45, 7) is 2.10. The topological polar surface area (TPSA) is 68.5 Å². The minimum atomic E-state index is -3.36. The number of aromatic nitrogens is 1. The van der Waals surface area contributed by atoms with Crippen molar-refractivity contribution in [1.29, 1.82) is 0 Å². The number of hydrogen-bond acceptors (Lipinski definition) is 4. The molecule has 0 spiro atoms. The Hall–Kier alpha value is -2.25. The highest BCUT2D eigenvalue weighted by molar-refractivity contribution is 7.91. The average Bonchev–Trinajstić information content (AvgIpc) is 2.98. The molecule has 0 bridgehead atoms. The molecule has 0 aliphatic heterocycles. The molecule has 3 rings (SSSR count). The van der Waals surface area contributed by atoms with Crippen LogP contribution in [0.5, 0.6) is 0 Å². The molecule has 1 heterocycles. The SMILES string of the molecule is CCc1cccc2sc(=NC(=O)CCCS(=O)(=O)c3ccccc3)n(C)c12. The third kappa shape index (κ3) is 4.36. The van der Waals surface area contributed by atoms with Gasteiger partial charge in [0, 0.05) is 13.5 Å². The van der Waals surface area contributed by atoms with Gasteiger partial charge in [0.25, 0.3) is 0 Å². The Labute approximate surface area is 162 Å². The lowest BCUT2D eigenvalue weighted by Crippen LogP contribution is -2.14. The first kappa shape index (κ1) is 19.5. The van der Waals surface area contributed by atoms with Gasteiger partial charge in [0.15, 0.2) is 14.6 Å². The standard InChI is InChI=1S/C20H22N2O3S2/c1-3-15-9-7-12-17-19(15)22(2)20(26-17)21-18(23)13-8-14-27(24,25)16-10-5-4-6-11-16/h4-7,9-12H,3,8,13-14H2,1-2H3. The third-order valence-electron chi connectivity index (χ3n) is 4.41. The van der Waals surface area contributed by atoms with Gasteiger partial charge >= 0.3 is 0 Å². The lowest BCUT2D eigenvalue weighted by molar-refractivity contribution is -0.118. The van der Waals surface area contributed by atoms with E-state index in [-0.39, 0.29) is 29.4 Å². The van der Waals surface area contributed by atoms with Gasteiger partial charge in [0.2, 0.25) is 5.91 Å². The van der Waals surface area contributed by atoms with Gasteiger partial charge in [-0.2, -0.15) is 4.99 Å². The Morgan fingerprint density at radius 1 is 1.11 bits per heavy atom. The van der Waals surface area contributed by atoms with Crippen LogP contribution in [0.1, 0.15) is 25.3 Å². The molecule has 2 aromatic carbocycles. The molecule has 1 amide bonds. The molecule has 0 unspecified atom stereocenters. The van der Waals surface area contributed by atoms with E-state index >= 15 is 0 Å². The zero-order valence-corrected chi connectivity index (χ0v) is 17.0. The second kappa shape index (κ2) is 8.19. The molecule has 142 valence electrons. The third-order valence-corrected chi connectivity index (χ3v) is 7.33. The Balaban J connectivity index is 1.73. The summed E-state index contributed by atoms with van der Waals surface area (Å²) in [6, 6.07) is 14.4. The minimum absolute atomic E-state index is 0.0587. The van der Waals surface area contributed by atoms with E-state index in [1.807, 2.05) is 23.7 Å². The molecule has 3 aromatic rings. The van der Waals surface area contributed by atoms with E-state index in [0.29, 0.717) is 4.80 Å². The fraction of sp³-hybridized carbons (Fsp3) is 0.300. The molecular weight excluding hydrogens is 380 g/mol. The van der Waals surface area contributed by atoms with Crippen LogP contribution in [-0.4, -0.2) is 24.6 Å². The van der Waals surface area contributed by atoms with Gasteiger partial charge in [-0.15, -0.1) is 0 Å². The first-order chi connectivity index (χ1) is 12.9. The molecule has 27 heavy (non-hydrogen) atoms. The highest BCUT2D eigenvalue weighted by Gasteiger charge is 2.14. The molecule has 7 heteroatoms. The van der Waals surface area contributed by atoms with Gasteiger partial charge in [-0.1, -0.05) is 48.6 Å². The Bertz CT molecular complexity index is 1130. The normalized spacial score (nSPS) is 12.6. The molecular formula is C20H22N2O3S2. The predicted molar refractivity (Wildman–Crippen MR) is 108 cm³/mol. The van der Waals surface area contributed by atoms with Crippen LogP contribution in [0, 0.1) is 0 Å². The monoisotopic (exact) mass is 402 g/mol. The fourth-order valence-corrected chi connectivity index (χ4v) is 5.41. The molecule has 0 aliphatic rings. The van der Waals surface area contributed by atoms with Crippen LogP contribution >= 0.6 is 11.3 Å². The van der Waals surface area contributed by atoms with E-state index in [4.69, 9.17) is 0 Å². The first-order valence-corrected chi connectivity index (χ1v) is 11.3. The van der Waals surface area contributed by atoms with Gasteiger partial charge in [-0.05, 0) is 36.6 Å². The summed E-state index contributed by atoms with van der Waals surface area (Å²) in [5.74, 6) is -0.352. The summed E-state index contributed by atoms with van der Waals surface area (Å²) in [4.78, 5) is 17.4. The summed E-state index contributed by atoms with van der Waals surface area (Å²) in [5.41, 5.74) is 2.32. The number of nitrogens with zero attached hydrogens (tertiary/aromatic N) is 2. The van der Waals surface area contributed by atoms with Crippen LogP contribution < -0.4 is 4.80 Å². The van der Waals surface area contributed by atoms with E-state index in [2.05, 4.69) is 18.0 Å². The lowest BCUT2D eigenvalue weighted by Gasteiger charge is -2.03. The number of rotatable bonds is 6. The Kier molecular flexibility index (Phi) is 5.92. The molecule has 0 fully saturated rings. The molecule has 0 aliphatic carbocycles. The summed E-state index contributed by atoms with van der Waals surface area (Å²) < 4.78 is 27.6. The molecule has 0 atom stereocenters. The predicted octanol–water partition coefficient (Wildman–Crippen LogP) is 3.48. The van der Waals surface area contributed by atoms with E-state index in [1.54, 1.807) is 30.3 Å². The summed E-state index contributed by atoms with van der Waals surface area (Å²) in [5, 5.41) is 0. The van der Waals surface area contributed by atoms with Gasteiger partial charge in [-0.25, -0.2) is 8.42 Å². The number of fused-ring (bicyclic) bond motifs is 1. The maximum absolute atomic E-state index is 12.3. The number of amides is 1. The Morgan fingerprint density at radius 3 is 2.56 bits per heavy atom. The van der Waals surface area contributed by atoms with Gasteiger partial charge in [-0.3, -0.25) is 4.79 Å². The number of hydrogen-bond donors (Lipinski definition) is 0. The van der Waals surface area contributed by atoms with Crippen molar-refractivity contribution in [1.82, 2.24) is 4.57 Å². The van der Waals surface area contributed by atoms with Crippen LogP contribution in [-0.2, 0) is 28.1 Å². The van der Waals surface area contributed by atoms with Crippen molar-refractivity contribution in [2.45, 2.75) is 31.1 Å². The fourth-order valence-electron chi connectivity index (χ4n) is 3.00. The van der Waals surface area contributed by atoms with E-state index in [1.165, 1.54) is 16.9 Å². The van der Waals surface area contributed by atoms with Crippen LogP contribution in [0.15, 0.2) is 58.4 Å². The molecule has 5 nitrogen and oxygen atoms in total. The number of benzene rings is 2. The van der Waals surface area contributed by atoms with Crippen molar-refractivity contribution >= 4 is 37.3 Å². The summed E-state index contributed by atoms with van der Waals surface area (Å²) in [7, 11) is -1.46. The van der Waals surface area contributed by atoms with E-state index in [0.717, 1.165) is 16.6 Å². The highest BCUT2D eigenvalue weighted by atomic mass is 32.2. The average molecular weight is 403 g/mol. The lowest BCUT2D eigenvalue weighted by atomic mass is 10.1. The van der Waals surface area contributed by atoms with Crippen LogP contribution in [0.4, 0.5) is 0 Å². The van der Waals surface area contributed by atoms with Crippen molar-refractivity contribution in [3.8, 4) is 0 Å². The molecule has 0 saturated carbocycles. The van der Waals surface area contributed by atoms with E-state index in [9.17, 15) is 13.2 Å².